The molecule has 2 aromatic carbocycles. The van der Waals surface area contributed by atoms with Gasteiger partial charge < -0.3 is 14.2 Å². The van der Waals surface area contributed by atoms with E-state index < -0.39 is 23.7 Å². The lowest BCUT2D eigenvalue weighted by atomic mass is 9.78. The summed E-state index contributed by atoms with van der Waals surface area (Å²) < 4.78 is 27.2. The number of allylic oxidation sites excluding steroid dienone is 1. The predicted octanol–water partition coefficient (Wildman–Crippen LogP) is 4.62. The van der Waals surface area contributed by atoms with Crippen molar-refractivity contribution in [3.05, 3.63) is 65.5 Å². The number of rotatable bonds is 4. The smallest absolute Gasteiger partial charge is 0.399 e. The summed E-state index contributed by atoms with van der Waals surface area (Å²) in [6, 6.07) is 15.1. The van der Waals surface area contributed by atoms with Crippen molar-refractivity contribution in [3.8, 4) is 0 Å². The van der Waals surface area contributed by atoms with Crippen molar-refractivity contribution in [1.82, 2.24) is 0 Å². The molecular weight excluding hydrogens is 392 g/mol. The van der Waals surface area contributed by atoms with E-state index in [9.17, 15) is 4.79 Å². The second kappa shape index (κ2) is 7.32. The number of likely N-dealkylation sites (N-methyl/N-ethyl adjacent to an activating group) is 1. The van der Waals surface area contributed by atoms with E-state index in [0.29, 0.717) is 0 Å². The summed E-state index contributed by atoms with van der Waals surface area (Å²) in [5.41, 5.74) is 1.61. The molecule has 0 aromatic heterocycles. The lowest BCUT2D eigenvalue weighted by Gasteiger charge is -2.32. The van der Waals surface area contributed by atoms with Crippen LogP contribution in [-0.4, -0.2) is 31.3 Å². The van der Waals surface area contributed by atoms with E-state index >= 15 is 4.39 Å². The molecule has 0 radical (unpaired) electrons. The number of carbonyl (C=O) groups excluding carboxylic acids is 1. The van der Waals surface area contributed by atoms with Crippen molar-refractivity contribution in [2.75, 3.05) is 11.9 Å². The van der Waals surface area contributed by atoms with Crippen LogP contribution in [0.2, 0.25) is 0 Å². The molecule has 2 heterocycles. The molecule has 0 N–H and O–H groups in total. The molecule has 31 heavy (non-hydrogen) atoms. The molecule has 0 unspecified atom stereocenters. The highest BCUT2D eigenvalue weighted by Crippen LogP contribution is 2.44. The lowest BCUT2D eigenvalue weighted by molar-refractivity contribution is -0.122. The zero-order valence-corrected chi connectivity index (χ0v) is 19.0. The third kappa shape index (κ3) is 3.62. The normalized spacial score (nSPS) is 24.6. The average molecular weight is 421 g/mol. The van der Waals surface area contributed by atoms with E-state index in [0.717, 1.165) is 22.3 Å². The number of amides is 1. The highest BCUT2D eigenvalue weighted by Gasteiger charge is 2.51. The second-order valence-electron chi connectivity index (χ2n) is 9.74. The summed E-state index contributed by atoms with van der Waals surface area (Å²) in [6.45, 7) is 9.87. The number of para-hydroxylation sites is 1. The van der Waals surface area contributed by atoms with Gasteiger partial charge in [0, 0.05) is 19.2 Å². The van der Waals surface area contributed by atoms with Gasteiger partial charge in [0.05, 0.1) is 16.6 Å². The van der Waals surface area contributed by atoms with Crippen molar-refractivity contribution in [2.45, 2.75) is 57.7 Å². The van der Waals surface area contributed by atoms with Gasteiger partial charge in [-0.05, 0) is 63.4 Å². The van der Waals surface area contributed by atoms with Gasteiger partial charge in [0.25, 0.3) is 0 Å². The molecule has 0 saturated carbocycles. The minimum Gasteiger partial charge on any atom is -0.399 e. The Kier molecular flexibility index (Phi) is 5.14. The Morgan fingerprint density at radius 1 is 1.00 bits per heavy atom. The fourth-order valence-corrected chi connectivity index (χ4v) is 4.30. The Balaban J connectivity index is 1.52. The minimum absolute atomic E-state index is 0.0200. The molecule has 2 aliphatic rings. The Morgan fingerprint density at radius 2 is 1.58 bits per heavy atom. The highest BCUT2D eigenvalue weighted by molar-refractivity contribution is 6.62. The number of nitrogens with zero attached hydrogens (tertiary/aromatic N) is 1. The van der Waals surface area contributed by atoms with Crippen LogP contribution in [0.15, 0.2) is 54.4 Å². The number of anilines is 1. The summed E-state index contributed by atoms with van der Waals surface area (Å²) in [5, 5.41) is 0. The fourth-order valence-electron chi connectivity index (χ4n) is 4.30. The van der Waals surface area contributed by atoms with E-state index in [-0.39, 0.29) is 18.2 Å². The first-order valence-electron chi connectivity index (χ1n) is 10.6. The molecule has 0 aliphatic carbocycles. The van der Waals surface area contributed by atoms with E-state index in [4.69, 9.17) is 9.31 Å². The van der Waals surface area contributed by atoms with Crippen LogP contribution in [0.3, 0.4) is 0 Å². The molecule has 2 aliphatic heterocycles. The number of halogens is 1. The van der Waals surface area contributed by atoms with Gasteiger partial charge in [0.1, 0.15) is 5.83 Å². The quantitative estimate of drug-likeness (QED) is 0.677. The molecule has 6 heteroatoms. The van der Waals surface area contributed by atoms with Crippen molar-refractivity contribution in [1.29, 1.82) is 0 Å². The topological polar surface area (TPSA) is 38.8 Å². The van der Waals surface area contributed by atoms with Gasteiger partial charge in [-0.1, -0.05) is 42.5 Å². The van der Waals surface area contributed by atoms with Gasteiger partial charge in [-0.3, -0.25) is 4.79 Å². The predicted molar refractivity (Wildman–Crippen MR) is 123 cm³/mol. The maximum Gasteiger partial charge on any atom is 0.494 e. The van der Waals surface area contributed by atoms with Crippen LogP contribution < -0.4 is 10.4 Å². The molecule has 1 amide bonds. The molecule has 1 atom stereocenters. The van der Waals surface area contributed by atoms with E-state index in [1.165, 1.54) is 6.08 Å². The summed E-state index contributed by atoms with van der Waals surface area (Å²) in [7, 11) is 1.29. The molecule has 4 rings (SSSR count). The van der Waals surface area contributed by atoms with Gasteiger partial charge in [0.2, 0.25) is 5.91 Å². The van der Waals surface area contributed by atoms with Gasteiger partial charge in [0.15, 0.2) is 0 Å². The third-order valence-corrected chi connectivity index (χ3v) is 6.94. The Bertz CT molecular complexity index is 1030. The van der Waals surface area contributed by atoms with E-state index in [2.05, 4.69) is 0 Å². The van der Waals surface area contributed by atoms with Crippen molar-refractivity contribution < 1.29 is 18.5 Å². The molecule has 4 nitrogen and oxygen atoms in total. The van der Waals surface area contributed by atoms with Gasteiger partial charge in [-0.2, -0.15) is 0 Å². The van der Waals surface area contributed by atoms with E-state index in [1.807, 2.05) is 83.1 Å². The molecule has 1 saturated heterocycles. The van der Waals surface area contributed by atoms with Crippen LogP contribution in [0.25, 0.3) is 6.08 Å². The number of carbonyl (C=O) groups is 1. The third-order valence-electron chi connectivity index (χ3n) is 6.94. The zero-order valence-electron chi connectivity index (χ0n) is 19.0. The maximum absolute atomic E-state index is 15.0. The van der Waals surface area contributed by atoms with Gasteiger partial charge in [-0.15, -0.1) is 0 Å². The maximum atomic E-state index is 15.0. The van der Waals surface area contributed by atoms with Crippen LogP contribution in [0.4, 0.5) is 10.1 Å². The zero-order chi connectivity index (χ0) is 22.6. The molecule has 1 fully saturated rings. The van der Waals surface area contributed by atoms with Crippen LogP contribution in [0.1, 0.15) is 52.2 Å². The first-order valence-corrected chi connectivity index (χ1v) is 10.6. The van der Waals surface area contributed by atoms with Crippen LogP contribution in [0, 0.1) is 0 Å². The van der Waals surface area contributed by atoms with Gasteiger partial charge in [-0.25, -0.2) is 4.39 Å². The largest absolute Gasteiger partial charge is 0.494 e. The van der Waals surface area contributed by atoms with Crippen LogP contribution in [0.5, 0.6) is 0 Å². The molecule has 0 bridgehead atoms. The number of benzene rings is 2. The summed E-state index contributed by atoms with van der Waals surface area (Å²) >= 11 is 0. The standard InChI is InChI=1S/C25H29BFNO3/c1-23(2)24(3,4)31-26(30-23)18-13-11-17(12-14-18)15-19(27)16-25(5)20-9-7-8-10-21(20)28(6)22(25)29/h7-15H,16H2,1-6H3/b19-15-/t25-/m1/s1. The SMILES string of the molecule is CN1C(=O)[C@](C)(C/C(F)=C/c2ccc(B3OC(C)(C)C(C)(C)O3)cc2)c2ccccc21. The van der Waals surface area contributed by atoms with Crippen LogP contribution >= 0.6 is 0 Å². The Labute approximate surface area is 184 Å². The number of hydrogen-bond donors (Lipinski definition) is 0. The summed E-state index contributed by atoms with van der Waals surface area (Å²) in [5.74, 6) is -0.419. The molecule has 162 valence electrons. The monoisotopic (exact) mass is 421 g/mol. The van der Waals surface area contributed by atoms with Crippen molar-refractivity contribution >= 4 is 30.3 Å². The Morgan fingerprint density at radius 3 is 2.19 bits per heavy atom. The number of hydrogen-bond acceptors (Lipinski definition) is 3. The summed E-state index contributed by atoms with van der Waals surface area (Å²) in [4.78, 5) is 14.5. The lowest BCUT2D eigenvalue weighted by Crippen LogP contribution is -2.41. The summed E-state index contributed by atoms with van der Waals surface area (Å²) in [6.07, 6.45) is 1.51. The fraction of sp³-hybridized carbons (Fsp3) is 0.400. The first-order chi connectivity index (χ1) is 14.4. The molecule has 2 aromatic rings. The molecular formula is C25H29BFNO3. The highest BCUT2D eigenvalue weighted by atomic mass is 19.1. The first kappa shape index (κ1) is 21.8. The Hall–Kier alpha value is -2.44. The minimum atomic E-state index is -0.908. The average Bonchev–Trinajstić information content (AvgIpc) is 3.04. The van der Waals surface area contributed by atoms with Crippen molar-refractivity contribution in [2.24, 2.45) is 0 Å². The van der Waals surface area contributed by atoms with Gasteiger partial charge >= 0.3 is 7.12 Å². The molecule has 0 spiro atoms. The second-order valence-corrected chi connectivity index (χ2v) is 9.74. The van der Waals surface area contributed by atoms with Crippen LogP contribution in [-0.2, 0) is 19.5 Å². The van der Waals surface area contributed by atoms with Crippen molar-refractivity contribution in [3.63, 3.8) is 0 Å². The number of fused-ring (bicyclic) bond motifs is 1. The van der Waals surface area contributed by atoms with E-state index in [1.54, 1.807) is 11.9 Å².